The standard InChI is InChI=1S/C36H44N8O6/c1-5-30-38-26-11-10-24-19-29(26)41(30)12-8-16-50-35(48)27-9-7-13-44(40-27)34(47)28(18-23-17-25(24)21-37-20-23)39-33(46)32(22(3)4)43-15-14-42(36(43)49)31(45)6-2/h6,10-11,17,19-22,27-28,32,40H,2,5,7-9,12-16,18H2,1,3-4H3,(H,39,46)/t27-,28-,32-/m0/s1. The number of hydrogen-bond acceptors (Lipinski definition) is 9. The molecule has 264 valence electrons. The van der Waals surface area contributed by atoms with Gasteiger partial charge < -0.3 is 19.5 Å². The molecule has 3 aromatic rings. The molecule has 6 rings (SSSR count). The first kappa shape index (κ1) is 34.7. The van der Waals surface area contributed by atoms with Crippen LogP contribution >= 0.6 is 0 Å². The highest BCUT2D eigenvalue weighted by Crippen LogP contribution is 2.27. The average molecular weight is 685 g/mol. The fourth-order valence-corrected chi connectivity index (χ4v) is 7.05. The maximum absolute atomic E-state index is 14.2. The van der Waals surface area contributed by atoms with Gasteiger partial charge in [-0.2, -0.15) is 0 Å². The molecule has 0 unspecified atom stereocenters. The molecule has 6 bridgehead atoms. The van der Waals surface area contributed by atoms with Crippen molar-refractivity contribution in [3.63, 3.8) is 0 Å². The summed E-state index contributed by atoms with van der Waals surface area (Å²) in [6, 6.07) is 4.67. The van der Waals surface area contributed by atoms with Crippen LogP contribution in [0.1, 0.15) is 51.4 Å². The Hall–Kier alpha value is -5.11. The summed E-state index contributed by atoms with van der Waals surface area (Å²) in [5.74, 6) is -1.32. The van der Waals surface area contributed by atoms with E-state index in [1.165, 1.54) is 9.91 Å². The fraction of sp³-hybridized carbons (Fsp3) is 0.472. The van der Waals surface area contributed by atoms with Crippen molar-refractivity contribution in [2.75, 3.05) is 26.2 Å². The number of nitrogens with zero attached hydrogens (tertiary/aromatic N) is 6. The minimum atomic E-state index is -1.07. The zero-order valence-corrected chi connectivity index (χ0v) is 28.8. The molecule has 14 heteroatoms. The minimum Gasteiger partial charge on any atom is -0.464 e. The molecule has 5 amide bonds. The fourth-order valence-electron chi connectivity index (χ4n) is 7.05. The second-order valence-electron chi connectivity index (χ2n) is 13.3. The van der Waals surface area contributed by atoms with Crippen LogP contribution in [0.3, 0.4) is 0 Å². The SMILES string of the molecule is C=CC(=O)N1CCN([C@H](C(=O)N[C@H]2Cc3cncc(c3)-c3ccc4nc(CC)n(c4c3)CCCOC(=O)[C@@H]3CCCN(N3)C2=O)C(C)C)C1=O. The zero-order chi connectivity index (χ0) is 35.5. The molecule has 3 aliphatic heterocycles. The lowest BCUT2D eigenvalue weighted by Gasteiger charge is -2.36. The molecule has 3 atom stereocenters. The number of pyridine rings is 1. The number of urea groups is 1. The topological polar surface area (TPSA) is 159 Å². The molecular weight excluding hydrogens is 640 g/mol. The van der Waals surface area contributed by atoms with E-state index in [9.17, 15) is 24.0 Å². The molecule has 14 nitrogen and oxygen atoms in total. The van der Waals surface area contributed by atoms with Crippen molar-refractivity contribution >= 4 is 40.8 Å². The predicted molar refractivity (Wildman–Crippen MR) is 184 cm³/mol. The van der Waals surface area contributed by atoms with Crippen molar-refractivity contribution < 1.29 is 28.7 Å². The van der Waals surface area contributed by atoms with Gasteiger partial charge in [0.25, 0.3) is 11.8 Å². The molecular formula is C36H44N8O6. The molecule has 5 heterocycles. The highest BCUT2D eigenvalue weighted by atomic mass is 16.5. The second kappa shape index (κ2) is 14.8. The van der Waals surface area contributed by atoms with Crippen LogP contribution in [0.2, 0.25) is 0 Å². The van der Waals surface area contributed by atoms with Gasteiger partial charge in [-0.05, 0) is 60.6 Å². The predicted octanol–water partition coefficient (Wildman–Crippen LogP) is 2.61. The van der Waals surface area contributed by atoms with Crippen molar-refractivity contribution in [1.82, 2.24) is 40.1 Å². The van der Waals surface area contributed by atoms with E-state index in [4.69, 9.17) is 9.72 Å². The van der Waals surface area contributed by atoms with Crippen LogP contribution in [-0.2, 0) is 43.3 Å². The Morgan fingerprint density at radius 1 is 1.08 bits per heavy atom. The molecule has 1 aromatic carbocycles. The Morgan fingerprint density at radius 3 is 2.66 bits per heavy atom. The number of carbonyl (C=O) groups is 5. The molecule has 2 aromatic heterocycles. The number of hydrazine groups is 1. The quantitative estimate of drug-likeness (QED) is 0.294. The Bertz CT molecular complexity index is 1820. The van der Waals surface area contributed by atoms with Gasteiger partial charge in [0, 0.05) is 57.0 Å². The van der Waals surface area contributed by atoms with Crippen LogP contribution in [-0.4, -0.2) is 103 Å². The van der Waals surface area contributed by atoms with E-state index in [1.807, 2.05) is 32.0 Å². The van der Waals surface area contributed by atoms with Crippen LogP contribution < -0.4 is 10.7 Å². The third-order valence-corrected chi connectivity index (χ3v) is 9.55. The number of imide groups is 1. The number of hydrogen-bond donors (Lipinski definition) is 2. The summed E-state index contributed by atoms with van der Waals surface area (Å²) in [5, 5.41) is 4.32. The van der Waals surface area contributed by atoms with E-state index in [-0.39, 0.29) is 32.0 Å². The highest BCUT2D eigenvalue weighted by Gasteiger charge is 2.42. The van der Waals surface area contributed by atoms with Gasteiger partial charge in [-0.1, -0.05) is 33.4 Å². The molecule has 0 aliphatic carbocycles. The molecule has 3 aliphatic rings. The van der Waals surface area contributed by atoms with Crippen molar-refractivity contribution in [1.29, 1.82) is 0 Å². The second-order valence-corrected chi connectivity index (χ2v) is 13.3. The van der Waals surface area contributed by atoms with Gasteiger partial charge in [-0.15, -0.1) is 0 Å². The van der Waals surface area contributed by atoms with Crippen LogP contribution in [0.5, 0.6) is 0 Å². The molecule has 0 radical (unpaired) electrons. The number of ether oxygens (including phenoxy) is 1. The van der Waals surface area contributed by atoms with Crippen molar-refractivity contribution in [2.24, 2.45) is 5.92 Å². The number of esters is 1. The highest BCUT2D eigenvalue weighted by molar-refractivity contribution is 6.02. The monoisotopic (exact) mass is 684 g/mol. The third kappa shape index (κ3) is 6.97. The third-order valence-electron chi connectivity index (χ3n) is 9.55. The summed E-state index contributed by atoms with van der Waals surface area (Å²) >= 11 is 0. The van der Waals surface area contributed by atoms with E-state index in [2.05, 4.69) is 39.9 Å². The van der Waals surface area contributed by atoms with Gasteiger partial charge in [0.1, 0.15) is 23.9 Å². The summed E-state index contributed by atoms with van der Waals surface area (Å²) in [5.41, 5.74) is 7.35. The lowest BCUT2D eigenvalue weighted by Crippen LogP contribution is -2.62. The Balaban J connectivity index is 1.35. The van der Waals surface area contributed by atoms with Crippen molar-refractivity contribution in [3.8, 4) is 11.1 Å². The number of nitrogens with one attached hydrogen (secondary N) is 2. The van der Waals surface area contributed by atoms with E-state index < -0.39 is 47.8 Å². The Labute approximate surface area is 290 Å². The van der Waals surface area contributed by atoms with E-state index >= 15 is 0 Å². The van der Waals surface area contributed by atoms with Crippen LogP contribution in [0.25, 0.3) is 22.2 Å². The van der Waals surface area contributed by atoms with E-state index in [0.29, 0.717) is 37.9 Å². The summed E-state index contributed by atoms with van der Waals surface area (Å²) in [6.07, 6.45) is 6.98. The molecule has 2 saturated heterocycles. The number of carbonyl (C=O) groups excluding carboxylic acids is 5. The van der Waals surface area contributed by atoms with Crippen LogP contribution in [0.4, 0.5) is 4.79 Å². The number of aryl methyl sites for hydroxylation is 2. The molecule has 50 heavy (non-hydrogen) atoms. The largest absolute Gasteiger partial charge is 0.464 e. The number of benzene rings is 1. The van der Waals surface area contributed by atoms with Crippen molar-refractivity contribution in [3.05, 3.63) is 60.7 Å². The number of rotatable bonds is 6. The van der Waals surface area contributed by atoms with Gasteiger partial charge in [-0.3, -0.25) is 34.1 Å². The van der Waals surface area contributed by atoms with Crippen molar-refractivity contribution in [2.45, 2.75) is 77.5 Å². The lowest BCUT2D eigenvalue weighted by molar-refractivity contribution is -0.153. The number of imidazole rings is 1. The lowest BCUT2D eigenvalue weighted by atomic mass is 9.98. The number of fused-ring (bicyclic) bond motifs is 6. The van der Waals surface area contributed by atoms with E-state index in [0.717, 1.165) is 45.4 Å². The minimum absolute atomic E-state index is 0.0959. The summed E-state index contributed by atoms with van der Waals surface area (Å²) < 4.78 is 7.84. The van der Waals surface area contributed by atoms with Gasteiger partial charge in [0.05, 0.1) is 17.6 Å². The first-order valence-corrected chi connectivity index (χ1v) is 17.3. The molecule has 2 N–H and O–H groups in total. The summed E-state index contributed by atoms with van der Waals surface area (Å²) in [4.78, 5) is 78.7. The van der Waals surface area contributed by atoms with Gasteiger partial charge >= 0.3 is 12.0 Å². The average Bonchev–Trinajstić information content (AvgIpc) is 3.67. The van der Waals surface area contributed by atoms with Gasteiger partial charge in [0.15, 0.2) is 0 Å². The Morgan fingerprint density at radius 2 is 1.90 bits per heavy atom. The number of amides is 5. The normalized spacial score (nSPS) is 20.9. The molecule has 0 saturated carbocycles. The summed E-state index contributed by atoms with van der Waals surface area (Å²) in [7, 11) is 0. The maximum Gasteiger partial charge on any atom is 0.327 e. The molecule has 0 spiro atoms. The zero-order valence-electron chi connectivity index (χ0n) is 28.8. The van der Waals surface area contributed by atoms with Crippen LogP contribution in [0, 0.1) is 5.92 Å². The van der Waals surface area contributed by atoms with E-state index in [1.54, 1.807) is 12.4 Å². The number of aromatic nitrogens is 3. The van der Waals surface area contributed by atoms with Gasteiger partial charge in [-0.25, -0.2) is 15.2 Å². The van der Waals surface area contributed by atoms with Crippen LogP contribution in [0.15, 0.2) is 49.3 Å². The summed E-state index contributed by atoms with van der Waals surface area (Å²) in [6.45, 7) is 10.6. The maximum atomic E-state index is 14.2. The van der Waals surface area contributed by atoms with Gasteiger partial charge in [0.2, 0.25) is 5.91 Å². The first-order chi connectivity index (χ1) is 24.1. The molecule has 2 fully saturated rings. The first-order valence-electron chi connectivity index (χ1n) is 17.3. The number of cyclic esters (lactones) is 1. The smallest absolute Gasteiger partial charge is 0.327 e. The Kier molecular flexibility index (Phi) is 10.3.